The van der Waals surface area contributed by atoms with Gasteiger partial charge < -0.3 is 10.1 Å². The van der Waals surface area contributed by atoms with Crippen molar-refractivity contribution in [3.8, 4) is 5.75 Å². The number of hydrogen-bond donors (Lipinski definition) is 1. The summed E-state index contributed by atoms with van der Waals surface area (Å²) in [5.74, 6) is 0.691. The van der Waals surface area contributed by atoms with Crippen LogP contribution >= 0.6 is 11.6 Å². The second kappa shape index (κ2) is 8.56. The van der Waals surface area contributed by atoms with Crippen molar-refractivity contribution < 1.29 is 9.53 Å². The van der Waals surface area contributed by atoms with Gasteiger partial charge in [0.1, 0.15) is 18.4 Å². The minimum atomic E-state index is -0.313. The zero-order valence-corrected chi connectivity index (χ0v) is 14.1. The largest absolute Gasteiger partial charge is 0.492 e. The third-order valence-electron chi connectivity index (χ3n) is 3.36. The Balaban J connectivity index is 1.84. The van der Waals surface area contributed by atoms with Crippen LogP contribution in [-0.4, -0.2) is 38.1 Å². The Labute approximate surface area is 142 Å². The molecule has 2 aromatic rings. The quantitative estimate of drug-likeness (QED) is 0.792. The van der Waals surface area contributed by atoms with Crippen LogP contribution in [0.25, 0.3) is 0 Å². The van der Waals surface area contributed by atoms with E-state index >= 15 is 0 Å². The molecule has 0 aliphatic rings. The van der Waals surface area contributed by atoms with Crippen molar-refractivity contribution in [1.29, 1.82) is 0 Å². The fraction of sp³-hybridized carbons (Fsp3) is 0.278. The van der Waals surface area contributed by atoms with E-state index < -0.39 is 0 Å². The van der Waals surface area contributed by atoms with Crippen molar-refractivity contribution in [3.63, 3.8) is 0 Å². The van der Waals surface area contributed by atoms with Crippen LogP contribution in [0.3, 0.4) is 0 Å². The average molecular weight is 333 g/mol. The average Bonchev–Trinajstić information content (AvgIpc) is 2.54. The molecule has 0 bridgehead atoms. The number of ether oxygens (including phenoxy) is 1. The van der Waals surface area contributed by atoms with Crippen LogP contribution in [0, 0.1) is 0 Å². The van der Waals surface area contributed by atoms with Crippen LogP contribution in [0.1, 0.15) is 11.6 Å². The lowest BCUT2D eigenvalue weighted by Gasteiger charge is -2.23. The zero-order chi connectivity index (χ0) is 16.7. The van der Waals surface area contributed by atoms with Crippen molar-refractivity contribution >= 4 is 17.5 Å². The molecule has 0 unspecified atom stereocenters. The highest BCUT2D eigenvalue weighted by atomic mass is 35.5. The van der Waals surface area contributed by atoms with Gasteiger partial charge in [-0.15, -0.1) is 0 Å². The lowest BCUT2D eigenvalue weighted by Crippen LogP contribution is -2.38. The van der Waals surface area contributed by atoms with Gasteiger partial charge in [0.05, 0.1) is 6.54 Å². The Morgan fingerprint density at radius 2 is 1.78 bits per heavy atom. The first-order chi connectivity index (χ1) is 11.1. The maximum absolute atomic E-state index is 12.4. The minimum absolute atomic E-state index is 0.0408. The summed E-state index contributed by atoms with van der Waals surface area (Å²) in [5, 5.41) is 3.58. The third-order valence-corrected chi connectivity index (χ3v) is 3.62. The van der Waals surface area contributed by atoms with Crippen LogP contribution < -0.4 is 10.1 Å². The molecule has 1 amide bonds. The lowest BCUT2D eigenvalue weighted by atomic mass is 10.1. The van der Waals surface area contributed by atoms with Gasteiger partial charge in [-0.2, -0.15) is 0 Å². The molecular formula is C18H21ClN2O2. The van der Waals surface area contributed by atoms with Crippen LogP contribution in [0.2, 0.25) is 5.02 Å². The van der Waals surface area contributed by atoms with Gasteiger partial charge in [-0.3, -0.25) is 9.69 Å². The molecule has 0 radical (unpaired) electrons. The maximum atomic E-state index is 12.4. The summed E-state index contributed by atoms with van der Waals surface area (Å²) in [6, 6.07) is 16.5. The summed E-state index contributed by atoms with van der Waals surface area (Å²) >= 11 is 5.82. The summed E-state index contributed by atoms with van der Waals surface area (Å²) in [5.41, 5.74) is 0.966. The molecule has 0 aliphatic carbocycles. The normalized spacial score (nSPS) is 12.0. The Hall–Kier alpha value is -2.04. The number of amides is 1. The standard InChI is InChI=1S/C18H21ClN2O2/c1-21(2)17(14-6-4-3-5-7-14)18(22)20-12-13-23-16-10-8-15(19)9-11-16/h3-11,17H,12-13H2,1-2H3,(H,20,22)/t17-/m0/s1. The molecule has 0 fully saturated rings. The summed E-state index contributed by atoms with van der Waals surface area (Å²) in [6.07, 6.45) is 0. The second-order valence-corrected chi connectivity index (χ2v) is 5.81. The molecule has 0 heterocycles. The Kier molecular flexibility index (Phi) is 6.44. The second-order valence-electron chi connectivity index (χ2n) is 5.37. The van der Waals surface area contributed by atoms with Gasteiger partial charge in [-0.05, 0) is 43.9 Å². The molecule has 23 heavy (non-hydrogen) atoms. The fourth-order valence-corrected chi connectivity index (χ4v) is 2.42. The van der Waals surface area contributed by atoms with Gasteiger partial charge in [-0.25, -0.2) is 0 Å². The maximum Gasteiger partial charge on any atom is 0.242 e. The van der Waals surface area contributed by atoms with Crippen molar-refractivity contribution in [2.45, 2.75) is 6.04 Å². The van der Waals surface area contributed by atoms with Crippen molar-refractivity contribution in [2.24, 2.45) is 0 Å². The SMILES string of the molecule is CN(C)[C@H](C(=O)NCCOc1ccc(Cl)cc1)c1ccccc1. The van der Waals surface area contributed by atoms with E-state index in [9.17, 15) is 4.79 Å². The van der Waals surface area contributed by atoms with Gasteiger partial charge >= 0.3 is 0 Å². The van der Waals surface area contributed by atoms with E-state index in [1.54, 1.807) is 24.3 Å². The van der Waals surface area contributed by atoms with Gasteiger partial charge in [0, 0.05) is 5.02 Å². The summed E-state index contributed by atoms with van der Waals surface area (Å²) < 4.78 is 5.57. The van der Waals surface area contributed by atoms with E-state index in [4.69, 9.17) is 16.3 Å². The molecule has 1 N–H and O–H groups in total. The molecule has 2 aromatic carbocycles. The Morgan fingerprint density at radius 1 is 1.13 bits per heavy atom. The number of hydrogen-bond acceptors (Lipinski definition) is 3. The van der Waals surface area contributed by atoms with E-state index in [0.29, 0.717) is 18.2 Å². The molecule has 0 spiro atoms. The number of carbonyl (C=O) groups excluding carboxylic acids is 1. The molecular weight excluding hydrogens is 312 g/mol. The highest BCUT2D eigenvalue weighted by molar-refractivity contribution is 6.30. The van der Waals surface area contributed by atoms with Crippen molar-refractivity contribution in [1.82, 2.24) is 10.2 Å². The molecule has 5 heteroatoms. The summed E-state index contributed by atoms with van der Waals surface area (Å²) in [6.45, 7) is 0.848. The van der Waals surface area contributed by atoms with Crippen LogP contribution in [0.4, 0.5) is 0 Å². The van der Waals surface area contributed by atoms with Crippen molar-refractivity contribution in [2.75, 3.05) is 27.2 Å². The summed E-state index contributed by atoms with van der Waals surface area (Å²) in [7, 11) is 3.78. The molecule has 4 nitrogen and oxygen atoms in total. The molecule has 122 valence electrons. The topological polar surface area (TPSA) is 41.6 Å². The number of carbonyl (C=O) groups is 1. The number of halogens is 1. The first kappa shape index (κ1) is 17.3. The van der Waals surface area contributed by atoms with E-state index in [0.717, 1.165) is 11.3 Å². The number of benzene rings is 2. The molecule has 2 rings (SSSR count). The minimum Gasteiger partial charge on any atom is -0.492 e. The van der Waals surface area contributed by atoms with Gasteiger partial charge in [0.25, 0.3) is 0 Å². The highest BCUT2D eigenvalue weighted by Crippen LogP contribution is 2.18. The van der Waals surface area contributed by atoms with Gasteiger partial charge in [0.2, 0.25) is 5.91 Å². The monoisotopic (exact) mass is 332 g/mol. The van der Waals surface area contributed by atoms with E-state index in [2.05, 4.69) is 5.32 Å². The highest BCUT2D eigenvalue weighted by Gasteiger charge is 2.22. The zero-order valence-electron chi connectivity index (χ0n) is 13.3. The molecule has 0 aromatic heterocycles. The van der Waals surface area contributed by atoms with Crippen LogP contribution in [0.5, 0.6) is 5.75 Å². The lowest BCUT2D eigenvalue weighted by molar-refractivity contribution is -0.125. The number of nitrogens with zero attached hydrogens (tertiary/aromatic N) is 1. The first-order valence-electron chi connectivity index (χ1n) is 7.45. The molecule has 0 saturated heterocycles. The molecule has 1 atom stereocenters. The Morgan fingerprint density at radius 3 is 2.39 bits per heavy atom. The molecule has 0 saturated carbocycles. The fourth-order valence-electron chi connectivity index (χ4n) is 2.29. The Bertz CT molecular complexity index is 615. The number of nitrogens with one attached hydrogen (secondary N) is 1. The van der Waals surface area contributed by atoms with Gasteiger partial charge in [0.15, 0.2) is 0 Å². The first-order valence-corrected chi connectivity index (χ1v) is 7.83. The van der Waals surface area contributed by atoms with Gasteiger partial charge in [-0.1, -0.05) is 41.9 Å². The predicted molar refractivity (Wildman–Crippen MR) is 92.8 cm³/mol. The third kappa shape index (κ3) is 5.27. The number of rotatable bonds is 7. The summed E-state index contributed by atoms with van der Waals surface area (Å²) in [4.78, 5) is 14.3. The predicted octanol–water partition coefficient (Wildman–Crippen LogP) is 3.14. The smallest absolute Gasteiger partial charge is 0.242 e. The van der Waals surface area contributed by atoms with E-state index in [-0.39, 0.29) is 11.9 Å². The number of likely N-dealkylation sites (N-methyl/N-ethyl adjacent to an activating group) is 1. The van der Waals surface area contributed by atoms with Crippen LogP contribution in [-0.2, 0) is 4.79 Å². The van der Waals surface area contributed by atoms with Crippen LogP contribution in [0.15, 0.2) is 54.6 Å². The van der Waals surface area contributed by atoms with Crippen molar-refractivity contribution in [3.05, 3.63) is 65.2 Å². The van der Waals surface area contributed by atoms with E-state index in [1.165, 1.54) is 0 Å². The van der Waals surface area contributed by atoms with E-state index in [1.807, 2.05) is 49.3 Å². The molecule has 0 aliphatic heterocycles.